The second-order valence-corrected chi connectivity index (χ2v) is 5.42. The van der Waals surface area contributed by atoms with E-state index in [2.05, 4.69) is 24.0 Å². The van der Waals surface area contributed by atoms with Crippen LogP contribution in [-0.2, 0) is 0 Å². The van der Waals surface area contributed by atoms with E-state index in [0.29, 0.717) is 11.7 Å². The topological polar surface area (TPSA) is 118 Å². The zero-order valence-corrected chi connectivity index (χ0v) is 12.6. The van der Waals surface area contributed by atoms with E-state index >= 15 is 0 Å². The van der Waals surface area contributed by atoms with Crippen molar-refractivity contribution in [3.8, 4) is 0 Å². The lowest BCUT2D eigenvalue weighted by Gasteiger charge is -2.29. The summed E-state index contributed by atoms with van der Waals surface area (Å²) in [6, 6.07) is 3.07. The van der Waals surface area contributed by atoms with Gasteiger partial charge >= 0.3 is 0 Å². The van der Waals surface area contributed by atoms with Crippen molar-refractivity contribution in [1.29, 1.82) is 0 Å². The molecule has 21 heavy (non-hydrogen) atoms. The lowest BCUT2D eigenvalue weighted by atomic mass is 10.1. The van der Waals surface area contributed by atoms with Crippen LogP contribution in [0.15, 0.2) is 17.3 Å². The third-order valence-electron chi connectivity index (χ3n) is 2.89. The van der Waals surface area contributed by atoms with Crippen LogP contribution in [0.1, 0.15) is 33.4 Å². The maximum atomic E-state index is 11.0. The highest BCUT2D eigenvalue weighted by Gasteiger charge is 2.22. The molecule has 0 bridgehead atoms. The van der Waals surface area contributed by atoms with E-state index in [0.717, 1.165) is 6.54 Å². The summed E-state index contributed by atoms with van der Waals surface area (Å²) in [5, 5.41) is 22.6. The highest BCUT2D eigenvalue weighted by atomic mass is 16.6. The molecular formula is C13H21N5O3. The Bertz CT molecular complexity index is 543. The number of amidine groups is 1. The normalized spacial score (nSPS) is 12.0. The molecule has 8 nitrogen and oxygen atoms in total. The van der Waals surface area contributed by atoms with Gasteiger partial charge in [0.05, 0.1) is 4.92 Å². The van der Waals surface area contributed by atoms with Gasteiger partial charge in [-0.05, 0) is 25.8 Å². The molecule has 0 aliphatic heterocycles. The molecule has 1 rings (SSSR count). The van der Waals surface area contributed by atoms with Crippen molar-refractivity contribution in [2.75, 3.05) is 11.4 Å². The minimum Gasteiger partial charge on any atom is -0.409 e. The predicted octanol–water partition coefficient (Wildman–Crippen LogP) is 1.96. The highest BCUT2D eigenvalue weighted by molar-refractivity contribution is 5.99. The van der Waals surface area contributed by atoms with E-state index < -0.39 is 4.92 Å². The van der Waals surface area contributed by atoms with Crippen LogP contribution in [0, 0.1) is 16.0 Å². The quantitative estimate of drug-likeness (QED) is 0.272. The van der Waals surface area contributed by atoms with Gasteiger partial charge in [-0.1, -0.05) is 19.0 Å². The van der Waals surface area contributed by atoms with Gasteiger partial charge in [0.25, 0.3) is 5.69 Å². The first kappa shape index (κ1) is 16.7. The largest absolute Gasteiger partial charge is 0.409 e. The smallest absolute Gasteiger partial charge is 0.298 e. The Morgan fingerprint density at radius 2 is 2.10 bits per heavy atom. The number of anilines is 1. The summed E-state index contributed by atoms with van der Waals surface area (Å²) < 4.78 is 0. The minimum absolute atomic E-state index is 0.130. The molecule has 0 saturated heterocycles. The average Bonchev–Trinajstić information content (AvgIpc) is 2.42. The molecule has 0 radical (unpaired) electrons. The molecule has 1 aromatic rings. The maximum Gasteiger partial charge on any atom is 0.298 e. The van der Waals surface area contributed by atoms with E-state index in [-0.39, 0.29) is 23.3 Å². The summed E-state index contributed by atoms with van der Waals surface area (Å²) >= 11 is 0. The van der Waals surface area contributed by atoms with E-state index in [4.69, 9.17) is 10.9 Å². The van der Waals surface area contributed by atoms with Gasteiger partial charge < -0.3 is 15.8 Å². The lowest BCUT2D eigenvalue weighted by molar-refractivity contribution is -0.385. The standard InChI is InChI=1S/C13H21N5O3/c1-8(2)7-17(9(3)4)11-6-5-10(18(20)21)12(15-11)13(14)16-19/h5-6,8-9,19H,7H2,1-4H3,(H2,14,16). The number of nitrogens with zero attached hydrogens (tertiary/aromatic N) is 4. The van der Waals surface area contributed by atoms with Gasteiger partial charge in [-0.25, -0.2) is 4.98 Å². The Morgan fingerprint density at radius 1 is 1.48 bits per heavy atom. The molecular weight excluding hydrogens is 274 g/mol. The van der Waals surface area contributed by atoms with Gasteiger partial charge in [0.1, 0.15) is 5.82 Å². The van der Waals surface area contributed by atoms with Crippen LogP contribution < -0.4 is 10.6 Å². The molecule has 1 aromatic heterocycles. The zero-order valence-electron chi connectivity index (χ0n) is 12.6. The molecule has 0 unspecified atom stereocenters. The molecule has 116 valence electrons. The van der Waals surface area contributed by atoms with Gasteiger partial charge in [0.15, 0.2) is 11.5 Å². The molecule has 0 aliphatic carbocycles. The summed E-state index contributed by atoms with van der Waals surface area (Å²) in [7, 11) is 0. The van der Waals surface area contributed by atoms with Crippen molar-refractivity contribution in [3.05, 3.63) is 27.9 Å². The van der Waals surface area contributed by atoms with Crippen LogP contribution >= 0.6 is 0 Å². The molecule has 0 spiro atoms. The maximum absolute atomic E-state index is 11.0. The van der Waals surface area contributed by atoms with E-state index in [1.54, 1.807) is 6.07 Å². The second-order valence-electron chi connectivity index (χ2n) is 5.42. The fourth-order valence-electron chi connectivity index (χ4n) is 1.95. The molecule has 0 amide bonds. The van der Waals surface area contributed by atoms with Crippen LogP contribution in [0.5, 0.6) is 0 Å². The molecule has 8 heteroatoms. The van der Waals surface area contributed by atoms with Crippen molar-refractivity contribution in [1.82, 2.24) is 4.98 Å². The van der Waals surface area contributed by atoms with Crippen LogP contribution in [0.3, 0.4) is 0 Å². The summed E-state index contributed by atoms with van der Waals surface area (Å²) in [6.07, 6.45) is 0. The number of nitro groups is 1. The fourth-order valence-corrected chi connectivity index (χ4v) is 1.95. The summed E-state index contributed by atoms with van der Waals surface area (Å²) in [5.41, 5.74) is 5.07. The average molecular weight is 295 g/mol. The number of pyridine rings is 1. The first-order chi connectivity index (χ1) is 9.77. The molecule has 0 saturated carbocycles. The summed E-state index contributed by atoms with van der Waals surface area (Å²) in [5.74, 6) is 0.583. The van der Waals surface area contributed by atoms with Crippen molar-refractivity contribution in [3.63, 3.8) is 0 Å². The number of nitrogens with two attached hydrogens (primary N) is 1. The minimum atomic E-state index is -0.605. The van der Waals surface area contributed by atoms with Gasteiger partial charge in [-0.2, -0.15) is 0 Å². The van der Waals surface area contributed by atoms with Gasteiger partial charge in [0, 0.05) is 18.7 Å². The number of hydrogen-bond acceptors (Lipinski definition) is 6. The Balaban J connectivity index is 3.34. The second kappa shape index (κ2) is 6.87. The number of rotatable bonds is 6. The van der Waals surface area contributed by atoms with Crippen molar-refractivity contribution in [2.24, 2.45) is 16.8 Å². The third kappa shape index (κ3) is 4.04. The van der Waals surface area contributed by atoms with Gasteiger partial charge in [0.2, 0.25) is 0 Å². The lowest BCUT2D eigenvalue weighted by Crippen LogP contribution is -2.35. The van der Waals surface area contributed by atoms with Crippen molar-refractivity contribution in [2.45, 2.75) is 33.7 Å². The summed E-state index contributed by atoms with van der Waals surface area (Å²) in [6.45, 7) is 8.91. The van der Waals surface area contributed by atoms with Crippen molar-refractivity contribution < 1.29 is 10.1 Å². The first-order valence-electron chi connectivity index (χ1n) is 6.67. The SMILES string of the molecule is CC(C)CN(c1ccc([N+](=O)[O-])c(/C(N)=N/O)n1)C(C)C. The fraction of sp³-hybridized carbons (Fsp3) is 0.538. The highest BCUT2D eigenvalue weighted by Crippen LogP contribution is 2.23. The Morgan fingerprint density at radius 3 is 2.52 bits per heavy atom. The van der Waals surface area contributed by atoms with Gasteiger partial charge in [-0.3, -0.25) is 10.1 Å². The molecule has 1 heterocycles. The van der Waals surface area contributed by atoms with E-state index in [1.165, 1.54) is 6.07 Å². The Kier molecular flexibility index (Phi) is 5.45. The molecule has 0 aromatic carbocycles. The molecule has 0 fully saturated rings. The Labute approximate surface area is 123 Å². The number of aromatic nitrogens is 1. The third-order valence-corrected chi connectivity index (χ3v) is 2.89. The van der Waals surface area contributed by atoms with Gasteiger partial charge in [-0.15, -0.1) is 0 Å². The monoisotopic (exact) mass is 295 g/mol. The zero-order chi connectivity index (χ0) is 16.2. The summed E-state index contributed by atoms with van der Waals surface area (Å²) in [4.78, 5) is 16.6. The predicted molar refractivity (Wildman–Crippen MR) is 80.7 cm³/mol. The Hall–Kier alpha value is -2.38. The van der Waals surface area contributed by atoms with Crippen LogP contribution in [0.25, 0.3) is 0 Å². The van der Waals surface area contributed by atoms with Crippen LogP contribution in [0.2, 0.25) is 0 Å². The molecule has 0 atom stereocenters. The van der Waals surface area contributed by atoms with Crippen LogP contribution in [-0.4, -0.2) is 33.5 Å². The van der Waals surface area contributed by atoms with E-state index in [1.807, 2.05) is 18.7 Å². The number of hydrogen-bond donors (Lipinski definition) is 2. The molecule has 3 N–H and O–H groups in total. The first-order valence-corrected chi connectivity index (χ1v) is 6.67. The van der Waals surface area contributed by atoms with Crippen molar-refractivity contribution >= 4 is 17.3 Å². The van der Waals surface area contributed by atoms with Crippen LogP contribution in [0.4, 0.5) is 11.5 Å². The number of oxime groups is 1. The van der Waals surface area contributed by atoms with E-state index in [9.17, 15) is 10.1 Å². The molecule has 0 aliphatic rings.